The highest BCUT2D eigenvalue weighted by Gasteiger charge is 2.11. The summed E-state index contributed by atoms with van der Waals surface area (Å²) in [5.74, 6) is -0.610. The molecule has 21 heavy (non-hydrogen) atoms. The van der Waals surface area contributed by atoms with Crippen molar-refractivity contribution in [2.75, 3.05) is 0 Å². The summed E-state index contributed by atoms with van der Waals surface area (Å²) in [5, 5.41) is 12.8. The third-order valence-corrected chi connectivity index (χ3v) is 3.83. The quantitative estimate of drug-likeness (QED) is 0.777. The smallest absolute Gasteiger partial charge is 0.213 e. The van der Waals surface area contributed by atoms with Crippen molar-refractivity contribution in [1.82, 2.24) is 10.2 Å². The van der Waals surface area contributed by atoms with E-state index in [1.807, 2.05) is 0 Å². The van der Waals surface area contributed by atoms with E-state index in [9.17, 15) is 12.8 Å². The summed E-state index contributed by atoms with van der Waals surface area (Å²) in [5.41, 5.74) is 2.49. The van der Waals surface area contributed by atoms with Gasteiger partial charge in [-0.2, -0.15) is 5.10 Å². The molecule has 3 aromatic rings. The van der Waals surface area contributed by atoms with Crippen molar-refractivity contribution in [1.29, 1.82) is 0 Å². The third-order valence-electron chi connectivity index (χ3n) is 3.09. The molecule has 0 bridgehead atoms. The Morgan fingerprint density at radius 3 is 2.71 bits per heavy atom. The number of hydrogen-bond acceptors (Lipinski definition) is 3. The van der Waals surface area contributed by atoms with Gasteiger partial charge in [0.15, 0.2) is 0 Å². The van der Waals surface area contributed by atoms with Gasteiger partial charge in [0.1, 0.15) is 11.5 Å². The molecule has 2 aromatic carbocycles. The van der Waals surface area contributed by atoms with Crippen LogP contribution in [0, 0.1) is 5.82 Å². The van der Waals surface area contributed by atoms with Crippen molar-refractivity contribution in [2.45, 2.75) is 5.75 Å². The van der Waals surface area contributed by atoms with Crippen molar-refractivity contribution < 1.29 is 12.8 Å². The molecule has 0 saturated heterocycles. The molecule has 0 atom stereocenters. The molecular weight excluding hydrogens is 293 g/mol. The first-order valence-corrected chi connectivity index (χ1v) is 7.87. The average Bonchev–Trinajstić information content (AvgIpc) is 2.80. The predicted octanol–water partition coefficient (Wildman–Crippen LogP) is 2.16. The highest BCUT2D eigenvalue weighted by atomic mass is 32.2. The van der Waals surface area contributed by atoms with Gasteiger partial charge in [0.25, 0.3) is 0 Å². The standard InChI is InChI=1S/C14H12FN3O2S/c15-11-3-1-2-10(7-11)14-12-6-9(8-21(16,19)20)4-5-13(12)17-18-14/h1-7H,8H2,(H,17,18)(H2,16,19,20). The first-order chi connectivity index (χ1) is 9.92. The van der Waals surface area contributed by atoms with E-state index in [2.05, 4.69) is 10.2 Å². The van der Waals surface area contributed by atoms with E-state index in [1.54, 1.807) is 30.3 Å². The van der Waals surface area contributed by atoms with Gasteiger partial charge in [0.05, 0.1) is 11.3 Å². The molecule has 1 heterocycles. The van der Waals surface area contributed by atoms with Gasteiger partial charge in [-0.15, -0.1) is 0 Å². The maximum absolute atomic E-state index is 13.3. The Morgan fingerprint density at radius 2 is 2.00 bits per heavy atom. The molecule has 1 aromatic heterocycles. The number of rotatable bonds is 3. The minimum Gasteiger partial charge on any atom is -0.277 e. The highest BCUT2D eigenvalue weighted by Crippen LogP contribution is 2.27. The molecule has 5 nitrogen and oxygen atoms in total. The summed E-state index contributed by atoms with van der Waals surface area (Å²) in [6.07, 6.45) is 0. The molecule has 3 rings (SSSR count). The Labute approximate surface area is 120 Å². The third kappa shape index (κ3) is 2.93. The first-order valence-electron chi connectivity index (χ1n) is 6.16. The SMILES string of the molecule is NS(=O)(=O)Cc1ccc2[nH]nc(-c3cccc(F)c3)c2c1. The fourth-order valence-electron chi connectivity index (χ4n) is 2.24. The summed E-state index contributed by atoms with van der Waals surface area (Å²) in [7, 11) is -3.60. The maximum Gasteiger partial charge on any atom is 0.213 e. The molecule has 0 radical (unpaired) electrons. The highest BCUT2D eigenvalue weighted by molar-refractivity contribution is 7.88. The predicted molar refractivity (Wildman–Crippen MR) is 78.3 cm³/mol. The largest absolute Gasteiger partial charge is 0.277 e. The lowest BCUT2D eigenvalue weighted by Crippen LogP contribution is -2.14. The van der Waals surface area contributed by atoms with E-state index in [-0.39, 0.29) is 11.6 Å². The van der Waals surface area contributed by atoms with E-state index in [0.717, 1.165) is 10.9 Å². The number of fused-ring (bicyclic) bond motifs is 1. The molecule has 3 N–H and O–H groups in total. The molecule has 0 aliphatic heterocycles. The Kier molecular flexibility index (Phi) is 3.23. The number of hydrogen-bond donors (Lipinski definition) is 2. The van der Waals surface area contributed by atoms with Gasteiger partial charge in [-0.05, 0) is 29.8 Å². The van der Waals surface area contributed by atoms with E-state index in [0.29, 0.717) is 16.8 Å². The van der Waals surface area contributed by atoms with Crippen molar-refractivity contribution in [3.8, 4) is 11.3 Å². The number of sulfonamides is 1. The molecular formula is C14H12FN3O2S. The minimum absolute atomic E-state index is 0.253. The van der Waals surface area contributed by atoms with Crippen molar-refractivity contribution >= 4 is 20.9 Å². The van der Waals surface area contributed by atoms with Crippen LogP contribution >= 0.6 is 0 Å². The Hall–Kier alpha value is -2.25. The molecule has 108 valence electrons. The van der Waals surface area contributed by atoms with E-state index in [1.165, 1.54) is 12.1 Å². The number of aromatic nitrogens is 2. The van der Waals surface area contributed by atoms with Crippen molar-refractivity contribution in [3.63, 3.8) is 0 Å². The fourth-order valence-corrected chi connectivity index (χ4v) is 2.88. The second-order valence-electron chi connectivity index (χ2n) is 4.77. The number of nitrogens with two attached hydrogens (primary N) is 1. The lowest BCUT2D eigenvalue weighted by Gasteiger charge is -2.01. The van der Waals surface area contributed by atoms with Crippen LogP contribution in [0.4, 0.5) is 4.39 Å². The van der Waals surface area contributed by atoms with E-state index < -0.39 is 10.0 Å². The van der Waals surface area contributed by atoms with Crippen LogP contribution in [0.3, 0.4) is 0 Å². The number of halogens is 1. The number of benzene rings is 2. The molecule has 0 unspecified atom stereocenters. The van der Waals surface area contributed by atoms with Gasteiger partial charge >= 0.3 is 0 Å². The molecule has 0 fully saturated rings. The molecule has 0 aliphatic carbocycles. The number of aromatic amines is 1. The molecule has 0 spiro atoms. The lowest BCUT2D eigenvalue weighted by molar-refractivity contribution is 0.597. The summed E-state index contributed by atoms with van der Waals surface area (Å²) in [6, 6.07) is 11.2. The zero-order valence-corrected chi connectivity index (χ0v) is 11.7. The van der Waals surface area contributed by atoms with Gasteiger partial charge < -0.3 is 0 Å². The molecule has 0 saturated carbocycles. The van der Waals surface area contributed by atoms with Gasteiger partial charge in [0.2, 0.25) is 10.0 Å². The van der Waals surface area contributed by atoms with Gasteiger partial charge in [-0.3, -0.25) is 5.10 Å². The van der Waals surface area contributed by atoms with Crippen molar-refractivity contribution in [3.05, 3.63) is 53.8 Å². The van der Waals surface area contributed by atoms with Gasteiger partial charge in [0, 0.05) is 10.9 Å². The Bertz CT molecular complexity index is 919. The van der Waals surface area contributed by atoms with Crippen LogP contribution in [0.5, 0.6) is 0 Å². The maximum atomic E-state index is 13.3. The second kappa shape index (κ2) is 4.94. The zero-order valence-electron chi connectivity index (χ0n) is 10.9. The average molecular weight is 305 g/mol. The van der Waals surface area contributed by atoms with Gasteiger partial charge in [-0.1, -0.05) is 18.2 Å². The van der Waals surface area contributed by atoms with Crippen LogP contribution in [0.1, 0.15) is 5.56 Å². The minimum atomic E-state index is -3.60. The summed E-state index contributed by atoms with van der Waals surface area (Å²) in [6.45, 7) is 0. The summed E-state index contributed by atoms with van der Waals surface area (Å²) >= 11 is 0. The van der Waals surface area contributed by atoms with Gasteiger partial charge in [-0.25, -0.2) is 17.9 Å². The van der Waals surface area contributed by atoms with Crippen LogP contribution in [0.2, 0.25) is 0 Å². The Morgan fingerprint density at radius 1 is 1.19 bits per heavy atom. The monoisotopic (exact) mass is 305 g/mol. The van der Waals surface area contributed by atoms with Crippen molar-refractivity contribution in [2.24, 2.45) is 5.14 Å². The number of primary sulfonamides is 1. The molecule has 0 aliphatic rings. The molecule has 7 heteroatoms. The normalized spacial score (nSPS) is 11.9. The van der Waals surface area contributed by atoms with Crippen LogP contribution in [0.15, 0.2) is 42.5 Å². The zero-order chi connectivity index (χ0) is 15.0. The second-order valence-corrected chi connectivity index (χ2v) is 6.38. The molecule has 0 amide bonds. The van der Waals surface area contributed by atoms with Crippen LogP contribution in [-0.2, 0) is 15.8 Å². The number of nitrogens with one attached hydrogen (secondary N) is 1. The Balaban J connectivity index is 2.14. The summed E-state index contributed by atoms with van der Waals surface area (Å²) < 4.78 is 35.7. The van der Waals surface area contributed by atoms with Crippen LogP contribution < -0.4 is 5.14 Å². The van der Waals surface area contributed by atoms with E-state index in [4.69, 9.17) is 5.14 Å². The number of H-pyrrole nitrogens is 1. The topological polar surface area (TPSA) is 88.8 Å². The summed E-state index contributed by atoms with van der Waals surface area (Å²) in [4.78, 5) is 0. The van der Waals surface area contributed by atoms with Crippen LogP contribution in [-0.4, -0.2) is 18.6 Å². The van der Waals surface area contributed by atoms with Crippen LogP contribution in [0.25, 0.3) is 22.2 Å². The fraction of sp³-hybridized carbons (Fsp3) is 0.0714. The van der Waals surface area contributed by atoms with E-state index >= 15 is 0 Å². The number of nitrogens with zero attached hydrogens (tertiary/aromatic N) is 1. The first kappa shape index (κ1) is 13.7. The lowest BCUT2D eigenvalue weighted by atomic mass is 10.1.